The van der Waals surface area contributed by atoms with Gasteiger partial charge in [0, 0.05) is 5.56 Å². The molecule has 0 radical (unpaired) electrons. The van der Waals surface area contributed by atoms with Crippen LogP contribution in [0.4, 0.5) is 0 Å². The third-order valence-electron chi connectivity index (χ3n) is 3.63. The van der Waals surface area contributed by atoms with Gasteiger partial charge in [-0.3, -0.25) is 4.79 Å². The third kappa shape index (κ3) is 3.44. The summed E-state index contributed by atoms with van der Waals surface area (Å²) < 4.78 is 0. The molecule has 1 aromatic carbocycles. The molecule has 1 aromatic rings. The highest BCUT2D eigenvalue weighted by Gasteiger charge is 2.18. The Morgan fingerprint density at radius 3 is 2.70 bits per heavy atom. The second-order valence-corrected chi connectivity index (χ2v) is 5.24. The molecule has 1 unspecified atom stereocenters. The van der Waals surface area contributed by atoms with E-state index in [9.17, 15) is 4.79 Å². The lowest BCUT2D eigenvalue weighted by Gasteiger charge is -2.22. The smallest absolute Gasteiger partial charge is 0.267 e. The highest BCUT2D eigenvalue weighted by atomic mass is 16.2. The van der Waals surface area contributed by atoms with Crippen LogP contribution in [0.5, 0.6) is 0 Å². The summed E-state index contributed by atoms with van der Waals surface area (Å²) in [5.41, 5.74) is 6.49. The lowest BCUT2D eigenvalue weighted by atomic mass is 9.85. The van der Waals surface area contributed by atoms with Crippen LogP contribution in [-0.4, -0.2) is 11.6 Å². The molecule has 0 aromatic heterocycles. The van der Waals surface area contributed by atoms with Crippen molar-refractivity contribution in [2.45, 2.75) is 26.7 Å². The topological polar surface area (TPSA) is 41.5 Å². The van der Waals surface area contributed by atoms with Crippen LogP contribution in [0, 0.1) is 5.92 Å². The van der Waals surface area contributed by atoms with E-state index in [4.69, 9.17) is 0 Å². The van der Waals surface area contributed by atoms with Gasteiger partial charge in [0.2, 0.25) is 0 Å². The number of amides is 1. The van der Waals surface area contributed by atoms with Gasteiger partial charge in [-0.15, -0.1) is 0 Å². The Balaban J connectivity index is 2.07. The van der Waals surface area contributed by atoms with Crippen molar-refractivity contribution in [3.8, 4) is 0 Å². The standard InChI is InChI=1S/C17H20N2O/c1-12(2)15-10-9-13(3)16(11-15)18-19-17(20)14-7-5-4-6-8-14/h4-9,15H,1,10-11H2,2-3H3,(H,19,20). The van der Waals surface area contributed by atoms with Crippen molar-refractivity contribution in [1.82, 2.24) is 5.43 Å². The first kappa shape index (κ1) is 14.3. The SMILES string of the molecule is C=C(C)C1CC=C(C)C(=NNC(=O)c2ccccc2)C1. The Morgan fingerprint density at radius 2 is 2.05 bits per heavy atom. The van der Waals surface area contributed by atoms with Crippen LogP contribution in [0.1, 0.15) is 37.0 Å². The highest BCUT2D eigenvalue weighted by molar-refractivity contribution is 6.02. The van der Waals surface area contributed by atoms with E-state index < -0.39 is 0 Å². The maximum absolute atomic E-state index is 12.0. The fourth-order valence-electron chi connectivity index (χ4n) is 2.20. The van der Waals surface area contributed by atoms with Gasteiger partial charge in [-0.2, -0.15) is 5.10 Å². The van der Waals surface area contributed by atoms with Crippen LogP contribution in [0.25, 0.3) is 0 Å². The van der Waals surface area contributed by atoms with Gasteiger partial charge in [-0.05, 0) is 50.3 Å². The first-order chi connectivity index (χ1) is 9.58. The van der Waals surface area contributed by atoms with Gasteiger partial charge in [-0.25, -0.2) is 5.43 Å². The number of nitrogens with one attached hydrogen (secondary N) is 1. The van der Waals surface area contributed by atoms with Crippen molar-refractivity contribution in [3.63, 3.8) is 0 Å². The maximum Gasteiger partial charge on any atom is 0.271 e. The molecule has 0 spiro atoms. The van der Waals surface area contributed by atoms with E-state index in [-0.39, 0.29) is 5.91 Å². The molecule has 1 atom stereocenters. The minimum Gasteiger partial charge on any atom is -0.267 e. The van der Waals surface area contributed by atoms with Gasteiger partial charge in [0.05, 0.1) is 5.71 Å². The van der Waals surface area contributed by atoms with Crippen LogP contribution in [-0.2, 0) is 0 Å². The number of carbonyl (C=O) groups is 1. The van der Waals surface area contributed by atoms with Crippen molar-refractivity contribution >= 4 is 11.6 Å². The van der Waals surface area contributed by atoms with Crippen LogP contribution in [0.15, 0.2) is 59.2 Å². The zero-order valence-electron chi connectivity index (χ0n) is 12.0. The summed E-state index contributed by atoms with van der Waals surface area (Å²) in [7, 11) is 0. The summed E-state index contributed by atoms with van der Waals surface area (Å²) in [6.45, 7) is 8.08. The summed E-state index contributed by atoms with van der Waals surface area (Å²) in [5.74, 6) is 0.245. The van der Waals surface area contributed by atoms with E-state index in [1.807, 2.05) is 32.0 Å². The Kier molecular flexibility index (Phi) is 4.51. The van der Waals surface area contributed by atoms with Gasteiger partial charge in [0.1, 0.15) is 0 Å². The molecule has 1 amide bonds. The summed E-state index contributed by atoms with van der Waals surface area (Å²) in [6, 6.07) is 9.11. The number of rotatable bonds is 3. The van der Waals surface area contributed by atoms with Gasteiger partial charge in [0.25, 0.3) is 5.91 Å². The molecule has 0 aliphatic heterocycles. The molecular weight excluding hydrogens is 248 g/mol. The lowest BCUT2D eigenvalue weighted by molar-refractivity contribution is 0.0954. The quantitative estimate of drug-likeness (QED) is 0.659. The van der Waals surface area contributed by atoms with Gasteiger partial charge < -0.3 is 0 Å². The van der Waals surface area contributed by atoms with Gasteiger partial charge >= 0.3 is 0 Å². The molecule has 0 heterocycles. The number of carbonyl (C=O) groups excluding carboxylic acids is 1. The van der Waals surface area contributed by atoms with Crippen LogP contribution in [0.3, 0.4) is 0 Å². The number of hydrogen-bond donors (Lipinski definition) is 1. The van der Waals surface area contributed by atoms with Crippen molar-refractivity contribution in [1.29, 1.82) is 0 Å². The third-order valence-corrected chi connectivity index (χ3v) is 3.63. The van der Waals surface area contributed by atoms with Crippen molar-refractivity contribution < 1.29 is 4.79 Å². The number of hydrogen-bond acceptors (Lipinski definition) is 2. The molecule has 0 saturated carbocycles. The van der Waals surface area contributed by atoms with Crippen LogP contribution < -0.4 is 5.43 Å². The molecule has 0 saturated heterocycles. The zero-order chi connectivity index (χ0) is 14.5. The van der Waals surface area contributed by atoms with E-state index >= 15 is 0 Å². The second-order valence-electron chi connectivity index (χ2n) is 5.24. The molecule has 3 heteroatoms. The molecule has 2 rings (SSSR count). The Morgan fingerprint density at radius 1 is 1.35 bits per heavy atom. The van der Waals surface area contributed by atoms with E-state index in [0.717, 1.165) is 29.7 Å². The summed E-state index contributed by atoms with van der Waals surface area (Å²) in [6.07, 6.45) is 4.01. The fraction of sp³-hybridized carbons (Fsp3) is 0.294. The fourth-order valence-corrected chi connectivity index (χ4v) is 2.20. The van der Waals surface area contributed by atoms with Crippen molar-refractivity contribution in [2.75, 3.05) is 0 Å². The van der Waals surface area contributed by atoms with Crippen molar-refractivity contribution in [3.05, 3.63) is 59.7 Å². The van der Waals surface area contributed by atoms with E-state index in [1.165, 1.54) is 0 Å². The Bertz CT molecular complexity index is 570. The molecule has 1 aliphatic carbocycles. The summed E-state index contributed by atoms with van der Waals surface area (Å²) >= 11 is 0. The first-order valence-corrected chi connectivity index (χ1v) is 6.82. The maximum atomic E-state index is 12.0. The first-order valence-electron chi connectivity index (χ1n) is 6.82. The predicted octanol–water partition coefficient (Wildman–Crippen LogP) is 3.70. The minimum absolute atomic E-state index is 0.177. The highest BCUT2D eigenvalue weighted by Crippen LogP contribution is 2.26. The van der Waals surface area contributed by atoms with Gasteiger partial charge in [0.15, 0.2) is 0 Å². The molecule has 0 bridgehead atoms. The summed E-state index contributed by atoms with van der Waals surface area (Å²) in [5, 5.41) is 4.28. The van der Waals surface area contributed by atoms with Crippen LogP contribution in [0.2, 0.25) is 0 Å². The molecule has 1 aliphatic rings. The largest absolute Gasteiger partial charge is 0.271 e. The predicted molar refractivity (Wildman–Crippen MR) is 82.6 cm³/mol. The monoisotopic (exact) mass is 268 g/mol. The molecule has 3 nitrogen and oxygen atoms in total. The lowest BCUT2D eigenvalue weighted by Crippen LogP contribution is -2.23. The van der Waals surface area contributed by atoms with Gasteiger partial charge in [-0.1, -0.05) is 36.4 Å². The Labute approximate surface area is 120 Å². The molecule has 1 N–H and O–H groups in total. The average Bonchev–Trinajstić information content (AvgIpc) is 2.46. The number of nitrogens with zero attached hydrogens (tertiary/aromatic N) is 1. The second kappa shape index (κ2) is 6.33. The molecule has 104 valence electrons. The minimum atomic E-state index is -0.177. The number of benzene rings is 1. The zero-order valence-corrected chi connectivity index (χ0v) is 12.0. The number of hydrazone groups is 1. The van der Waals surface area contributed by atoms with Crippen molar-refractivity contribution in [2.24, 2.45) is 11.0 Å². The Hall–Kier alpha value is -2.16. The van der Waals surface area contributed by atoms with E-state index in [2.05, 4.69) is 23.2 Å². The summed E-state index contributed by atoms with van der Waals surface area (Å²) in [4.78, 5) is 12.0. The van der Waals surface area contributed by atoms with Crippen LogP contribution >= 0.6 is 0 Å². The van der Waals surface area contributed by atoms with E-state index in [1.54, 1.807) is 12.1 Å². The molecule has 20 heavy (non-hydrogen) atoms. The van der Waals surface area contributed by atoms with E-state index in [0.29, 0.717) is 11.5 Å². The molecule has 0 fully saturated rings. The average molecular weight is 268 g/mol. The number of allylic oxidation sites excluding steroid dienone is 3. The molecular formula is C17H20N2O. The normalized spacial score (nSPS) is 20.4.